The molecule has 3 aromatic carbocycles. The molecule has 6 nitrogen and oxygen atoms in total. The Kier molecular flexibility index (Phi) is 7.72. The Labute approximate surface area is 214 Å². The number of nitrogens with zero attached hydrogens (tertiary/aromatic N) is 2. The number of fused-ring (bicyclic) bond motifs is 1. The Bertz CT molecular complexity index is 1240. The maximum Gasteiger partial charge on any atom is 0.242 e. The number of benzene rings is 3. The van der Waals surface area contributed by atoms with Crippen molar-refractivity contribution < 1.29 is 18.2 Å². The Morgan fingerprint density at radius 2 is 1.67 bits per heavy atom. The highest BCUT2D eigenvalue weighted by Crippen LogP contribution is 2.33. The molecule has 1 atom stereocenters. The van der Waals surface area contributed by atoms with Crippen LogP contribution in [0.5, 0.6) is 5.75 Å². The lowest BCUT2D eigenvalue weighted by molar-refractivity contribution is -0.194. The van der Waals surface area contributed by atoms with E-state index in [4.69, 9.17) is 9.78 Å². The van der Waals surface area contributed by atoms with Crippen molar-refractivity contribution in [1.82, 2.24) is 9.21 Å². The maximum atomic E-state index is 13.2. The first-order chi connectivity index (χ1) is 17.5. The van der Waals surface area contributed by atoms with Crippen LogP contribution in [0.15, 0.2) is 83.8 Å². The second-order valence-electron chi connectivity index (χ2n) is 9.82. The third-order valence-electron chi connectivity index (χ3n) is 7.51. The van der Waals surface area contributed by atoms with Crippen molar-refractivity contribution in [1.29, 1.82) is 0 Å². The minimum absolute atomic E-state index is 0.0369. The van der Waals surface area contributed by atoms with Crippen LogP contribution in [0.3, 0.4) is 0 Å². The molecule has 0 radical (unpaired) electrons. The van der Waals surface area contributed by atoms with Crippen molar-refractivity contribution in [2.75, 3.05) is 33.2 Å². The molecule has 0 spiro atoms. The monoisotopic (exact) mass is 506 g/mol. The SMILES string of the molecule is CN(C[C@@H](CCN1CCC(c2ccccc2)CC1)c1ccc2c(c1)OOC2)S(=O)(=O)c1ccccc1. The summed E-state index contributed by atoms with van der Waals surface area (Å²) in [4.78, 5) is 13.3. The summed E-state index contributed by atoms with van der Waals surface area (Å²) in [5.74, 6) is 1.39. The van der Waals surface area contributed by atoms with Crippen LogP contribution >= 0.6 is 0 Å². The number of hydrogen-bond donors (Lipinski definition) is 0. The van der Waals surface area contributed by atoms with Gasteiger partial charge in [-0.15, -0.1) is 0 Å². The lowest BCUT2D eigenvalue weighted by Crippen LogP contribution is -2.36. The summed E-state index contributed by atoms with van der Waals surface area (Å²) < 4.78 is 28.0. The number of piperidine rings is 1. The van der Waals surface area contributed by atoms with Gasteiger partial charge in [0.2, 0.25) is 10.0 Å². The van der Waals surface area contributed by atoms with Gasteiger partial charge >= 0.3 is 0 Å². The van der Waals surface area contributed by atoms with E-state index in [9.17, 15) is 8.42 Å². The average molecular weight is 507 g/mol. The molecule has 0 aliphatic carbocycles. The summed E-state index contributed by atoms with van der Waals surface area (Å²) in [6.07, 6.45) is 3.17. The van der Waals surface area contributed by atoms with Gasteiger partial charge in [-0.25, -0.2) is 12.7 Å². The third kappa shape index (κ3) is 5.65. The second-order valence-corrected chi connectivity index (χ2v) is 11.9. The first-order valence-electron chi connectivity index (χ1n) is 12.7. The normalized spacial score (nSPS) is 17.6. The van der Waals surface area contributed by atoms with Crippen molar-refractivity contribution in [3.8, 4) is 5.75 Å². The van der Waals surface area contributed by atoms with E-state index in [1.165, 1.54) is 9.87 Å². The maximum absolute atomic E-state index is 13.2. The van der Waals surface area contributed by atoms with E-state index in [-0.39, 0.29) is 5.92 Å². The van der Waals surface area contributed by atoms with Crippen molar-refractivity contribution in [2.45, 2.75) is 42.6 Å². The van der Waals surface area contributed by atoms with Gasteiger partial charge in [-0.2, -0.15) is 4.89 Å². The van der Waals surface area contributed by atoms with Gasteiger partial charge in [0.05, 0.1) is 4.90 Å². The molecule has 0 aromatic heterocycles. The van der Waals surface area contributed by atoms with E-state index in [0.29, 0.717) is 24.0 Å². The van der Waals surface area contributed by atoms with Crippen LogP contribution in [0, 0.1) is 0 Å². The highest BCUT2D eigenvalue weighted by Gasteiger charge is 2.27. The number of rotatable bonds is 9. The summed E-state index contributed by atoms with van der Waals surface area (Å²) in [5.41, 5.74) is 3.53. The zero-order chi connectivity index (χ0) is 25.0. The topological polar surface area (TPSA) is 59.1 Å². The van der Waals surface area contributed by atoms with Crippen LogP contribution in [0.25, 0.3) is 0 Å². The molecule has 5 rings (SSSR count). The van der Waals surface area contributed by atoms with Gasteiger partial charge in [-0.05, 0) is 80.1 Å². The van der Waals surface area contributed by atoms with Crippen molar-refractivity contribution in [2.24, 2.45) is 0 Å². The molecule has 3 aromatic rings. The molecule has 0 bridgehead atoms. The number of likely N-dealkylation sites (N-methyl/N-ethyl adjacent to an activating group) is 1. The Morgan fingerprint density at radius 3 is 2.39 bits per heavy atom. The highest BCUT2D eigenvalue weighted by atomic mass is 32.2. The fraction of sp³-hybridized carbons (Fsp3) is 0.379. The third-order valence-corrected chi connectivity index (χ3v) is 9.34. The first kappa shape index (κ1) is 25.0. The summed E-state index contributed by atoms with van der Waals surface area (Å²) in [7, 11) is -1.90. The number of sulfonamides is 1. The van der Waals surface area contributed by atoms with Crippen LogP contribution in [0.2, 0.25) is 0 Å². The fourth-order valence-electron chi connectivity index (χ4n) is 5.28. The molecule has 0 amide bonds. The fourth-order valence-corrected chi connectivity index (χ4v) is 6.51. The Balaban J connectivity index is 1.27. The minimum atomic E-state index is -3.57. The van der Waals surface area contributed by atoms with Gasteiger partial charge in [0.15, 0.2) is 5.75 Å². The lowest BCUT2D eigenvalue weighted by atomic mass is 9.89. The van der Waals surface area contributed by atoms with Crippen LogP contribution < -0.4 is 4.89 Å². The summed E-state index contributed by atoms with van der Waals surface area (Å²) in [6, 6.07) is 25.6. The molecule has 0 saturated carbocycles. The summed E-state index contributed by atoms with van der Waals surface area (Å²) in [5, 5.41) is 0. The van der Waals surface area contributed by atoms with E-state index < -0.39 is 10.0 Å². The van der Waals surface area contributed by atoms with Gasteiger partial charge in [0.1, 0.15) is 6.61 Å². The molecule has 0 N–H and O–H groups in total. The smallest absolute Gasteiger partial charge is 0.242 e. The molecule has 2 aliphatic heterocycles. The molecule has 36 heavy (non-hydrogen) atoms. The van der Waals surface area contributed by atoms with Gasteiger partial charge in [0, 0.05) is 19.2 Å². The Hall–Kier alpha value is -2.71. The van der Waals surface area contributed by atoms with E-state index in [0.717, 1.165) is 55.8 Å². The van der Waals surface area contributed by atoms with Gasteiger partial charge in [-0.1, -0.05) is 60.7 Å². The van der Waals surface area contributed by atoms with Crippen molar-refractivity contribution in [3.05, 3.63) is 95.6 Å². The Morgan fingerprint density at radius 1 is 0.972 bits per heavy atom. The van der Waals surface area contributed by atoms with Gasteiger partial charge in [-0.3, -0.25) is 0 Å². The molecule has 7 heteroatoms. The van der Waals surface area contributed by atoms with Crippen molar-refractivity contribution in [3.63, 3.8) is 0 Å². The lowest BCUT2D eigenvalue weighted by Gasteiger charge is -2.33. The molecular weight excluding hydrogens is 472 g/mol. The molecule has 2 heterocycles. The van der Waals surface area contributed by atoms with E-state index in [1.807, 2.05) is 18.2 Å². The second kappa shape index (κ2) is 11.1. The number of likely N-dealkylation sites (tertiary alicyclic amines) is 1. The average Bonchev–Trinajstić information content (AvgIpc) is 3.40. The first-order valence-corrected chi connectivity index (χ1v) is 14.2. The summed E-state index contributed by atoms with van der Waals surface area (Å²) >= 11 is 0. The summed E-state index contributed by atoms with van der Waals surface area (Å²) in [6.45, 7) is 3.90. The number of hydrogen-bond acceptors (Lipinski definition) is 5. The van der Waals surface area contributed by atoms with Gasteiger partial charge < -0.3 is 9.79 Å². The van der Waals surface area contributed by atoms with Crippen molar-refractivity contribution >= 4 is 10.0 Å². The zero-order valence-corrected chi connectivity index (χ0v) is 21.6. The molecule has 1 saturated heterocycles. The molecule has 1 fully saturated rings. The molecule has 0 unspecified atom stereocenters. The molecule has 190 valence electrons. The van der Waals surface area contributed by atoms with E-state index >= 15 is 0 Å². The van der Waals surface area contributed by atoms with E-state index in [2.05, 4.69) is 41.3 Å². The highest BCUT2D eigenvalue weighted by molar-refractivity contribution is 7.89. The standard InChI is InChI=1S/C29H34N2O4S/c1-30(36(32,33)28-10-6-3-7-11-28)21-26(25-12-13-27-22-34-35-29(27)20-25)16-19-31-17-14-24(15-18-31)23-8-4-2-5-9-23/h2-13,20,24,26H,14-19,21-22H2,1H3/t26-/m1/s1. The quantitative estimate of drug-likeness (QED) is 0.374. The van der Waals surface area contributed by atoms with Crippen LogP contribution in [-0.4, -0.2) is 50.8 Å². The van der Waals surface area contributed by atoms with Gasteiger partial charge in [0.25, 0.3) is 0 Å². The van der Waals surface area contributed by atoms with Crippen LogP contribution in [-0.2, 0) is 21.5 Å². The zero-order valence-electron chi connectivity index (χ0n) is 20.8. The predicted molar refractivity (Wildman–Crippen MR) is 140 cm³/mol. The molecular formula is C29H34N2O4S. The van der Waals surface area contributed by atoms with Crippen LogP contribution in [0.1, 0.15) is 47.8 Å². The molecule has 2 aliphatic rings. The largest absolute Gasteiger partial charge is 0.337 e. The van der Waals surface area contributed by atoms with Crippen LogP contribution in [0.4, 0.5) is 0 Å². The van der Waals surface area contributed by atoms with E-state index in [1.54, 1.807) is 31.3 Å². The minimum Gasteiger partial charge on any atom is -0.337 e. The predicted octanol–water partition coefficient (Wildman–Crippen LogP) is 5.18.